The molecule has 7 nitrogen and oxygen atoms in total. The number of amides is 1. The number of nitrogens with zero attached hydrogens (tertiary/aromatic N) is 3. The van der Waals surface area contributed by atoms with Gasteiger partial charge in [-0.05, 0) is 49.6 Å². The van der Waals surface area contributed by atoms with Crippen molar-refractivity contribution < 1.29 is 9.53 Å². The summed E-state index contributed by atoms with van der Waals surface area (Å²) < 4.78 is 7.33. The number of anilines is 1. The van der Waals surface area contributed by atoms with Gasteiger partial charge in [-0.2, -0.15) is 5.26 Å². The summed E-state index contributed by atoms with van der Waals surface area (Å²) in [5.41, 5.74) is 1.92. The van der Waals surface area contributed by atoms with Gasteiger partial charge in [0.25, 0.3) is 11.5 Å². The Kier molecular flexibility index (Phi) is 10.4. The summed E-state index contributed by atoms with van der Waals surface area (Å²) in [5.74, 6) is 1.21. The van der Waals surface area contributed by atoms with Crippen molar-refractivity contribution >= 4 is 46.1 Å². The number of thioether (sulfide) groups is 1. The molecule has 0 spiro atoms. The molecule has 1 N–H and O–H groups in total. The quantitative estimate of drug-likeness (QED) is 0.206. The maximum atomic E-state index is 13.3. The predicted octanol–water partition coefficient (Wildman–Crippen LogP) is 5.84. The third kappa shape index (κ3) is 6.62. The number of benzene rings is 1. The third-order valence-corrected chi connectivity index (χ3v) is 7.82. The highest BCUT2D eigenvalue weighted by atomic mass is 32.2. The van der Waals surface area contributed by atoms with Crippen LogP contribution in [0.25, 0.3) is 6.08 Å². The van der Waals surface area contributed by atoms with Crippen LogP contribution >= 0.6 is 24.0 Å². The van der Waals surface area contributed by atoms with E-state index in [4.69, 9.17) is 17.0 Å². The second-order valence-electron chi connectivity index (χ2n) is 8.87. The van der Waals surface area contributed by atoms with E-state index in [1.807, 2.05) is 31.2 Å². The Morgan fingerprint density at radius 2 is 1.84 bits per heavy atom. The smallest absolute Gasteiger partial charge is 0.270 e. The Hall–Kier alpha value is -3.09. The molecule has 1 saturated heterocycles. The number of unbranched alkanes of at least 4 members (excludes halogenated alkanes) is 4. The molecule has 196 valence electrons. The maximum Gasteiger partial charge on any atom is 0.270 e. The summed E-state index contributed by atoms with van der Waals surface area (Å²) in [6.07, 6.45) is 7.26. The standard InChI is InChI=1S/C28H34N4O3S2/c1-5-7-8-9-10-15-32-27(34)24(37-28(32)36)16-22-19(3)23(17-29)26(33)31(6-2)25(22)30-18-20-11-13-21(35-4)14-12-20/h11-14,16,30H,5-10,15,18H2,1-4H3/b24-16+. The van der Waals surface area contributed by atoms with Gasteiger partial charge in [-0.15, -0.1) is 0 Å². The minimum atomic E-state index is -0.350. The Morgan fingerprint density at radius 1 is 1.14 bits per heavy atom. The zero-order chi connectivity index (χ0) is 26.9. The van der Waals surface area contributed by atoms with Gasteiger partial charge >= 0.3 is 0 Å². The first-order valence-electron chi connectivity index (χ1n) is 12.7. The van der Waals surface area contributed by atoms with Crippen LogP contribution in [0.3, 0.4) is 0 Å². The second-order valence-corrected chi connectivity index (χ2v) is 10.5. The number of aromatic nitrogens is 1. The van der Waals surface area contributed by atoms with E-state index >= 15 is 0 Å². The number of thiocarbonyl (C=S) groups is 1. The molecule has 1 aliphatic rings. The fourth-order valence-electron chi connectivity index (χ4n) is 4.28. The number of carbonyl (C=O) groups is 1. The maximum absolute atomic E-state index is 13.3. The number of carbonyl (C=O) groups excluding carboxylic acids is 1. The Morgan fingerprint density at radius 3 is 2.46 bits per heavy atom. The molecular weight excluding hydrogens is 504 g/mol. The van der Waals surface area contributed by atoms with Gasteiger partial charge in [0.05, 0.1) is 12.0 Å². The average molecular weight is 539 g/mol. The number of hydrogen-bond acceptors (Lipinski definition) is 7. The molecule has 1 fully saturated rings. The highest BCUT2D eigenvalue weighted by molar-refractivity contribution is 8.26. The van der Waals surface area contributed by atoms with Crippen molar-refractivity contribution in [3.8, 4) is 11.8 Å². The largest absolute Gasteiger partial charge is 0.497 e. The van der Waals surface area contributed by atoms with Crippen LogP contribution in [-0.2, 0) is 17.9 Å². The number of rotatable bonds is 12. The van der Waals surface area contributed by atoms with Gasteiger partial charge in [0.15, 0.2) is 0 Å². The fraction of sp³-hybridized carbons (Fsp3) is 0.429. The van der Waals surface area contributed by atoms with Gasteiger partial charge in [0.2, 0.25) is 0 Å². The molecule has 0 unspecified atom stereocenters. The highest BCUT2D eigenvalue weighted by Crippen LogP contribution is 2.35. The van der Waals surface area contributed by atoms with E-state index < -0.39 is 0 Å². The Balaban J connectivity index is 1.95. The Bertz CT molecular complexity index is 1280. The normalized spacial score (nSPS) is 14.4. The van der Waals surface area contributed by atoms with Crippen molar-refractivity contribution in [3.63, 3.8) is 0 Å². The molecule has 0 aliphatic carbocycles. The average Bonchev–Trinajstić information content (AvgIpc) is 3.17. The molecule has 0 saturated carbocycles. The van der Waals surface area contributed by atoms with Crippen LogP contribution in [-0.4, -0.2) is 33.3 Å². The van der Waals surface area contributed by atoms with Gasteiger partial charge < -0.3 is 10.1 Å². The number of ether oxygens (including phenoxy) is 1. The molecule has 1 amide bonds. The minimum absolute atomic E-state index is 0.0782. The molecule has 9 heteroatoms. The van der Waals surface area contributed by atoms with Crippen LogP contribution in [0, 0.1) is 18.3 Å². The molecule has 37 heavy (non-hydrogen) atoms. The summed E-state index contributed by atoms with van der Waals surface area (Å²) in [7, 11) is 1.62. The molecule has 1 aromatic carbocycles. The zero-order valence-electron chi connectivity index (χ0n) is 21.9. The first kappa shape index (κ1) is 28.5. The zero-order valence-corrected chi connectivity index (χ0v) is 23.6. The number of methoxy groups -OCH3 is 1. The molecule has 1 aliphatic heterocycles. The second kappa shape index (κ2) is 13.5. The van der Waals surface area contributed by atoms with Crippen molar-refractivity contribution in [3.05, 3.63) is 61.8 Å². The SMILES string of the molecule is CCCCCCCN1C(=O)/C(=C\c2c(C)c(C#N)c(=O)n(CC)c2NCc2ccc(OC)cc2)SC1=S. The number of pyridine rings is 1. The summed E-state index contributed by atoms with van der Waals surface area (Å²) in [6, 6.07) is 9.71. The first-order valence-corrected chi connectivity index (χ1v) is 13.9. The van der Waals surface area contributed by atoms with Crippen molar-refractivity contribution in [2.75, 3.05) is 19.0 Å². The monoisotopic (exact) mass is 538 g/mol. The van der Waals surface area contributed by atoms with Crippen molar-refractivity contribution in [2.24, 2.45) is 0 Å². The Labute approximate surface area is 228 Å². The molecule has 0 bridgehead atoms. The van der Waals surface area contributed by atoms with Gasteiger partial charge in [0, 0.05) is 25.2 Å². The van der Waals surface area contributed by atoms with E-state index in [-0.39, 0.29) is 17.0 Å². The fourth-order valence-corrected chi connectivity index (χ4v) is 5.57. The molecule has 2 aromatic rings. The third-order valence-electron chi connectivity index (χ3n) is 6.44. The lowest BCUT2D eigenvalue weighted by Crippen LogP contribution is -2.29. The molecule has 3 rings (SSSR count). The first-order chi connectivity index (χ1) is 17.9. The molecular formula is C28H34N4O3S2. The molecule has 2 heterocycles. The topological polar surface area (TPSA) is 87.4 Å². The van der Waals surface area contributed by atoms with Gasteiger partial charge in [0.1, 0.15) is 27.5 Å². The van der Waals surface area contributed by atoms with Crippen LogP contribution in [0.4, 0.5) is 5.82 Å². The number of nitriles is 1. The van der Waals surface area contributed by atoms with Gasteiger partial charge in [-0.3, -0.25) is 19.1 Å². The van der Waals surface area contributed by atoms with Crippen molar-refractivity contribution in [2.45, 2.75) is 66.0 Å². The predicted molar refractivity (Wildman–Crippen MR) is 155 cm³/mol. The van der Waals surface area contributed by atoms with Gasteiger partial charge in [-0.1, -0.05) is 68.7 Å². The molecule has 0 atom stereocenters. The minimum Gasteiger partial charge on any atom is -0.497 e. The van der Waals surface area contributed by atoms with E-state index in [0.29, 0.717) is 45.8 Å². The number of nitrogens with one attached hydrogen (secondary N) is 1. The van der Waals surface area contributed by atoms with E-state index in [1.165, 1.54) is 24.6 Å². The summed E-state index contributed by atoms with van der Waals surface area (Å²) >= 11 is 6.79. The summed E-state index contributed by atoms with van der Waals surface area (Å²) in [6.45, 7) is 7.21. The van der Waals surface area contributed by atoms with E-state index in [9.17, 15) is 14.9 Å². The van der Waals surface area contributed by atoms with E-state index in [2.05, 4.69) is 18.3 Å². The van der Waals surface area contributed by atoms with E-state index in [0.717, 1.165) is 30.6 Å². The summed E-state index contributed by atoms with van der Waals surface area (Å²) in [5, 5.41) is 13.1. The number of hydrogen-bond donors (Lipinski definition) is 1. The highest BCUT2D eigenvalue weighted by Gasteiger charge is 2.32. The van der Waals surface area contributed by atoms with Crippen LogP contribution in [0.15, 0.2) is 34.0 Å². The van der Waals surface area contributed by atoms with Crippen molar-refractivity contribution in [1.82, 2.24) is 9.47 Å². The van der Waals surface area contributed by atoms with Crippen molar-refractivity contribution in [1.29, 1.82) is 5.26 Å². The van der Waals surface area contributed by atoms with Crippen LogP contribution in [0.5, 0.6) is 5.75 Å². The summed E-state index contributed by atoms with van der Waals surface area (Å²) in [4.78, 5) is 28.5. The molecule has 1 aromatic heterocycles. The molecule has 0 radical (unpaired) electrons. The lowest BCUT2D eigenvalue weighted by atomic mass is 10.0. The van der Waals surface area contributed by atoms with Crippen LogP contribution < -0.4 is 15.6 Å². The lowest BCUT2D eigenvalue weighted by Gasteiger charge is -2.19. The lowest BCUT2D eigenvalue weighted by molar-refractivity contribution is -0.122. The van der Waals surface area contributed by atoms with Crippen LogP contribution in [0.1, 0.15) is 68.2 Å². The van der Waals surface area contributed by atoms with E-state index in [1.54, 1.807) is 29.6 Å². The van der Waals surface area contributed by atoms with Gasteiger partial charge in [-0.25, -0.2) is 0 Å². The van der Waals surface area contributed by atoms with Crippen LogP contribution in [0.2, 0.25) is 0 Å².